The molecular weight excluding hydrogens is 324 g/mol. The van der Waals surface area contributed by atoms with E-state index in [-0.39, 0.29) is 12.4 Å². The second kappa shape index (κ2) is 8.92. The molecule has 0 aliphatic carbocycles. The van der Waals surface area contributed by atoms with E-state index in [1.54, 1.807) is 6.08 Å². The third-order valence-electron chi connectivity index (χ3n) is 3.57. The Morgan fingerprint density at radius 3 is 2.24 bits per heavy atom. The highest BCUT2D eigenvalue weighted by Crippen LogP contribution is 2.38. The van der Waals surface area contributed by atoms with Crippen LogP contribution < -0.4 is 4.74 Å². The zero-order valence-electron chi connectivity index (χ0n) is 14.9. The Morgan fingerprint density at radius 1 is 1.08 bits per heavy atom. The fourth-order valence-corrected chi connectivity index (χ4v) is 2.26. The molecule has 0 aliphatic heterocycles. The molecule has 1 aromatic carbocycles. The van der Waals surface area contributed by atoms with Crippen molar-refractivity contribution in [2.24, 2.45) is 0 Å². The number of ketones is 1. The summed E-state index contributed by atoms with van der Waals surface area (Å²) in [5.41, 5.74) is 1.34. The van der Waals surface area contributed by atoms with E-state index in [9.17, 15) is 24.9 Å². The lowest BCUT2D eigenvalue weighted by Crippen LogP contribution is -2.07. The summed E-state index contributed by atoms with van der Waals surface area (Å²) in [7, 11) is 0. The van der Waals surface area contributed by atoms with Crippen LogP contribution >= 0.6 is 0 Å². The van der Waals surface area contributed by atoms with Gasteiger partial charge >= 0.3 is 5.97 Å². The Balaban J connectivity index is 2.97. The van der Waals surface area contributed by atoms with Gasteiger partial charge in [-0.05, 0) is 46.6 Å². The molecule has 1 aromatic rings. The van der Waals surface area contributed by atoms with Gasteiger partial charge in [0.2, 0.25) is 0 Å². The summed E-state index contributed by atoms with van der Waals surface area (Å²) in [6.07, 6.45) is 5.68. The zero-order valence-corrected chi connectivity index (χ0v) is 14.9. The van der Waals surface area contributed by atoms with E-state index in [0.29, 0.717) is 0 Å². The quantitative estimate of drug-likeness (QED) is 0.483. The van der Waals surface area contributed by atoms with Gasteiger partial charge in [-0.1, -0.05) is 17.2 Å². The lowest BCUT2D eigenvalue weighted by Gasteiger charge is -2.13. The highest BCUT2D eigenvalue weighted by molar-refractivity contribution is 6.05. The summed E-state index contributed by atoms with van der Waals surface area (Å²) >= 11 is 0. The molecule has 0 atom stereocenters. The zero-order chi connectivity index (χ0) is 19.1. The molecule has 0 spiro atoms. The molecule has 0 radical (unpaired) electrons. The van der Waals surface area contributed by atoms with Gasteiger partial charge in [-0.15, -0.1) is 0 Å². The molecule has 0 unspecified atom stereocenters. The Kier molecular flexibility index (Phi) is 7.23. The minimum atomic E-state index is -1.45. The number of Topliss-reactive ketones (excluding diaryl/α,β-unsaturated/α-hetero) is 1. The third kappa shape index (κ3) is 5.67. The number of carboxylic acids is 1. The molecule has 0 saturated heterocycles. The Bertz CT molecular complexity index is 724. The molecule has 0 saturated carbocycles. The van der Waals surface area contributed by atoms with Crippen molar-refractivity contribution in [1.29, 1.82) is 0 Å². The van der Waals surface area contributed by atoms with E-state index in [2.05, 4.69) is 6.08 Å². The van der Waals surface area contributed by atoms with Crippen LogP contribution in [0, 0.1) is 0 Å². The van der Waals surface area contributed by atoms with Gasteiger partial charge in [-0.3, -0.25) is 4.79 Å². The first kappa shape index (κ1) is 20.3. The number of hydrogen-bond donors (Lipinski definition) is 3. The van der Waals surface area contributed by atoms with Crippen LogP contribution in [0.1, 0.15) is 61.3 Å². The fraction of sp³-hybridized carbons (Fsp3) is 0.368. The summed E-state index contributed by atoms with van der Waals surface area (Å²) in [4.78, 5) is 22.8. The number of phenolic OH excluding ortho intramolecular Hbond substituents is 1. The second-order valence-corrected chi connectivity index (χ2v) is 6.04. The van der Waals surface area contributed by atoms with Crippen LogP contribution in [0.15, 0.2) is 29.4 Å². The number of aromatic hydroxyl groups is 2. The van der Waals surface area contributed by atoms with Crippen molar-refractivity contribution >= 4 is 11.8 Å². The van der Waals surface area contributed by atoms with Crippen LogP contribution in [0.25, 0.3) is 0 Å². The van der Waals surface area contributed by atoms with Crippen LogP contribution in [-0.4, -0.2) is 33.7 Å². The lowest BCUT2D eigenvalue weighted by atomic mass is 10.0. The van der Waals surface area contributed by atoms with Crippen molar-refractivity contribution in [3.05, 3.63) is 40.5 Å². The number of benzene rings is 1. The Hall–Kier alpha value is -2.76. The SMILES string of the molecule is CC(=O)c1c(O)cc(OCC=C(C)CCC=C(C)C)c(C(=O)O)c1O. The molecule has 136 valence electrons. The number of carbonyl (C=O) groups is 2. The van der Waals surface area contributed by atoms with E-state index < -0.39 is 34.4 Å². The van der Waals surface area contributed by atoms with Gasteiger partial charge < -0.3 is 20.1 Å². The molecule has 0 aromatic heterocycles. The number of carboxylic acid groups (broad SMARTS) is 1. The van der Waals surface area contributed by atoms with Gasteiger partial charge in [0, 0.05) is 6.07 Å². The summed E-state index contributed by atoms with van der Waals surface area (Å²) in [6.45, 7) is 7.20. The molecule has 3 N–H and O–H groups in total. The summed E-state index contributed by atoms with van der Waals surface area (Å²) < 4.78 is 5.39. The molecule has 1 rings (SSSR count). The normalized spacial score (nSPS) is 11.1. The Labute approximate surface area is 147 Å². The number of hydrogen-bond acceptors (Lipinski definition) is 5. The minimum Gasteiger partial charge on any atom is -0.507 e. The van der Waals surface area contributed by atoms with Crippen molar-refractivity contribution in [1.82, 2.24) is 0 Å². The van der Waals surface area contributed by atoms with E-state index >= 15 is 0 Å². The minimum absolute atomic E-state index is 0.0826. The highest BCUT2D eigenvalue weighted by Gasteiger charge is 2.25. The first-order valence-electron chi connectivity index (χ1n) is 7.90. The van der Waals surface area contributed by atoms with Gasteiger partial charge in [-0.25, -0.2) is 4.79 Å². The van der Waals surface area contributed by atoms with E-state index in [4.69, 9.17) is 4.74 Å². The summed E-state index contributed by atoms with van der Waals surface area (Å²) in [5, 5.41) is 29.1. The van der Waals surface area contributed by atoms with Crippen molar-refractivity contribution in [3.8, 4) is 17.2 Å². The standard InChI is InChI=1S/C19H24O6/c1-11(2)6-5-7-12(3)8-9-25-15-10-14(21)16(13(4)20)18(22)17(15)19(23)24/h6,8,10,21-22H,5,7,9H2,1-4H3,(H,23,24). The van der Waals surface area contributed by atoms with E-state index in [0.717, 1.165) is 31.4 Å². The fourth-order valence-electron chi connectivity index (χ4n) is 2.26. The van der Waals surface area contributed by atoms with Crippen LogP contribution in [0.2, 0.25) is 0 Å². The molecule has 6 heteroatoms. The van der Waals surface area contributed by atoms with E-state index in [1.807, 2.05) is 20.8 Å². The number of phenols is 2. The predicted octanol–water partition coefficient (Wildman–Crippen LogP) is 4.07. The molecule has 0 heterocycles. The first-order valence-corrected chi connectivity index (χ1v) is 7.90. The molecule has 6 nitrogen and oxygen atoms in total. The smallest absolute Gasteiger partial charge is 0.343 e. The molecule has 0 aliphatic rings. The molecule has 0 amide bonds. The topological polar surface area (TPSA) is 104 Å². The van der Waals surface area contributed by atoms with Gasteiger partial charge in [0.25, 0.3) is 0 Å². The number of ether oxygens (including phenoxy) is 1. The number of allylic oxidation sites excluding steroid dienone is 3. The van der Waals surface area contributed by atoms with Crippen molar-refractivity contribution < 1.29 is 29.6 Å². The van der Waals surface area contributed by atoms with Crippen LogP contribution in [0.5, 0.6) is 17.2 Å². The van der Waals surface area contributed by atoms with Crippen molar-refractivity contribution in [3.63, 3.8) is 0 Å². The monoisotopic (exact) mass is 348 g/mol. The summed E-state index contributed by atoms with van der Waals surface area (Å²) in [5.74, 6) is -3.59. The third-order valence-corrected chi connectivity index (χ3v) is 3.57. The summed E-state index contributed by atoms with van der Waals surface area (Å²) in [6, 6.07) is 1.03. The van der Waals surface area contributed by atoms with Crippen LogP contribution in [0.3, 0.4) is 0 Å². The van der Waals surface area contributed by atoms with Gasteiger partial charge in [0.05, 0.1) is 0 Å². The van der Waals surface area contributed by atoms with Gasteiger partial charge in [0.15, 0.2) is 5.78 Å². The molecule has 0 bridgehead atoms. The number of aromatic carboxylic acids is 1. The maximum Gasteiger partial charge on any atom is 0.343 e. The van der Waals surface area contributed by atoms with E-state index in [1.165, 1.54) is 5.57 Å². The van der Waals surface area contributed by atoms with Crippen molar-refractivity contribution in [2.45, 2.75) is 40.5 Å². The highest BCUT2D eigenvalue weighted by atomic mass is 16.5. The molecular formula is C19H24O6. The number of rotatable bonds is 8. The Morgan fingerprint density at radius 2 is 1.72 bits per heavy atom. The average Bonchev–Trinajstić information content (AvgIpc) is 2.45. The first-order chi connectivity index (χ1) is 11.6. The maximum absolute atomic E-state index is 11.5. The molecule has 25 heavy (non-hydrogen) atoms. The van der Waals surface area contributed by atoms with Crippen molar-refractivity contribution in [2.75, 3.05) is 6.61 Å². The maximum atomic E-state index is 11.5. The average molecular weight is 348 g/mol. The second-order valence-electron chi connectivity index (χ2n) is 6.04. The van der Waals surface area contributed by atoms with Crippen LogP contribution in [-0.2, 0) is 0 Å². The van der Waals surface area contributed by atoms with Crippen LogP contribution in [0.4, 0.5) is 0 Å². The van der Waals surface area contributed by atoms with Gasteiger partial charge in [0.1, 0.15) is 35.0 Å². The van der Waals surface area contributed by atoms with Gasteiger partial charge in [-0.2, -0.15) is 0 Å². The molecule has 0 fully saturated rings. The predicted molar refractivity (Wildman–Crippen MR) is 94.7 cm³/mol. The number of carbonyl (C=O) groups excluding carboxylic acids is 1. The largest absolute Gasteiger partial charge is 0.507 e. The lowest BCUT2D eigenvalue weighted by molar-refractivity contribution is 0.0689.